The van der Waals surface area contributed by atoms with Gasteiger partial charge in [-0.05, 0) is 37.5 Å². The molecule has 1 aliphatic heterocycles. The van der Waals surface area contributed by atoms with Crippen LogP contribution in [0.15, 0.2) is 0 Å². The van der Waals surface area contributed by atoms with Crippen LogP contribution in [0.2, 0.25) is 0 Å². The van der Waals surface area contributed by atoms with Gasteiger partial charge in [-0.2, -0.15) is 0 Å². The average molecular weight is 250 g/mol. The van der Waals surface area contributed by atoms with Gasteiger partial charge in [0.25, 0.3) is 0 Å². The minimum absolute atomic E-state index is 0.252. The molecule has 2 saturated carbocycles. The van der Waals surface area contributed by atoms with Crippen molar-refractivity contribution in [2.45, 2.75) is 57.4 Å². The van der Waals surface area contributed by atoms with Crippen molar-refractivity contribution in [2.75, 3.05) is 19.6 Å². The predicted octanol–water partition coefficient (Wildman–Crippen LogP) is 2.17. The van der Waals surface area contributed by atoms with E-state index in [9.17, 15) is 4.79 Å². The summed E-state index contributed by atoms with van der Waals surface area (Å²) in [4.78, 5) is 14.3. The van der Waals surface area contributed by atoms with Gasteiger partial charge in [0.2, 0.25) is 5.91 Å². The molecule has 3 nitrogen and oxygen atoms in total. The number of nitrogens with zero attached hydrogens (tertiary/aromatic N) is 1. The van der Waals surface area contributed by atoms with E-state index in [1.54, 1.807) is 0 Å². The van der Waals surface area contributed by atoms with E-state index in [0.717, 1.165) is 24.4 Å². The van der Waals surface area contributed by atoms with E-state index in [4.69, 9.17) is 0 Å². The van der Waals surface area contributed by atoms with Crippen LogP contribution in [0.25, 0.3) is 0 Å². The summed E-state index contributed by atoms with van der Waals surface area (Å²) >= 11 is 0. The van der Waals surface area contributed by atoms with Gasteiger partial charge in [0.15, 0.2) is 0 Å². The van der Waals surface area contributed by atoms with E-state index < -0.39 is 0 Å². The van der Waals surface area contributed by atoms with Crippen LogP contribution in [-0.2, 0) is 4.79 Å². The summed E-state index contributed by atoms with van der Waals surface area (Å²) in [6.07, 6.45) is 10.9. The molecule has 102 valence electrons. The molecule has 1 amide bonds. The van der Waals surface area contributed by atoms with Crippen LogP contribution >= 0.6 is 0 Å². The second-order valence-electron chi connectivity index (χ2n) is 6.50. The van der Waals surface area contributed by atoms with Crippen molar-refractivity contribution in [1.82, 2.24) is 10.2 Å². The Morgan fingerprint density at radius 3 is 2.61 bits per heavy atom. The first-order chi connectivity index (χ1) is 8.83. The number of likely N-dealkylation sites (tertiary alicyclic amines) is 1. The van der Waals surface area contributed by atoms with Crippen molar-refractivity contribution in [3.8, 4) is 0 Å². The normalized spacial score (nSPS) is 32.9. The molecular formula is C15H26N2O. The van der Waals surface area contributed by atoms with Crippen LogP contribution in [0.5, 0.6) is 0 Å². The molecule has 1 heterocycles. The van der Waals surface area contributed by atoms with E-state index in [-0.39, 0.29) is 5.91 Å². The zero-order valence-electron chi connectivity index (χ0n) is 11.4. The molecule has 18 heavy (non-hydrogen) atoms. The SMILES string of the molecule is O=C(CN1C[C@@H]2CCCCCC[C@H]21)NCC1CC1. The highest BCUT2D eigenvalue weighted by Crippen LogP contribution is 2.34. The number of hydrogen-bond acceptors (Lipinski definition) is 2. The Morgan fingerprint density at radius 1 is 1.06 bits per heavy atom. The first-order valence-corrected chi connectivity index (χ1v) is 7.83. The van der Waals surface area contributed by atoms with E-state index in [1.807, 2.05) is 0 Å². The number of rotatable bonds is 4. The number of nitrogens with one attached hydrogen (secondary N) is 1. The van der Waals surface area contributed by atoms with E-state index in [1.165, 1.54) is 57.9 Å². The number of carbonyl (C=O) groups is 1. The monoisotopic (exact) mass is 250 g/mol. The third-order valence-corrected chi connectivity index (χ3v) is 4.94. The second kappa shape index (κ2) is 5.60. The maximum atomic E-state index is 11.9. The highest BCUT2D eigenvalue weighted by Gasteiger charge is 2.39. The Balaban J connectivity index is 1.41. The molecule has 0 unspecified atom stereocenters. The highest BCUT2D eigenvalue weighted by molar-refractivity contribution is 5.78. The van der Waals surface area contributed by atoms with Crippen molar-refractivity contribution in [3.05, 3.63) is 0 Å². The average Bonchev–Trinajstić information content (AvgIpc) is 3.13. The lowest BCUT2D eigenvalue weighted by Crippen LogP contribution is -2.58. The topological polar surface area (TPSA) is 32.3 Å². The van der Waals surface area contributed by atoms with Crippen molar-refractivity contribution < 1.29 is 4.79 Å². The summed E-state index contributed by atoms with van der Waals surface area (Å²) in [6, 6.07) is 0.719. The fraction of sp³-hybridized carbons (Fsp3) is 0.933. The summed E-state index contributed by atoms with van der Waals surface area (Å²) in [5.74, 6) is 1.93. The molecule has 0 aromatic heterocycles. The number of fused-ring (bicyclic) bond motifs is 1. The molecule has 2 atom stereocenters. The van der Waals surface area contributed by atoms with Crippen LogP contribution in [0.4, 0.5) is 0 Å². The summed E-state index contributed by atoms with van der Waals surface area (Å²) in [6.45, 7) is 2.73. The zero-order chi connectivity index (χ0) is 12.4. The summed E-state index contributed by atoms with van der Waals surface area (Å²) in [5, 5.41) is 3.09. The van der Waals surface area contributed by atoms with Gasteiger partial charge < -0.3 is 5.32 Å². The molecular weight excluding hydrogens is 224 g/mol. The first-order valence-electron chi connectivity index (χ1n) is 7.83. The molecule has 0 bridgehead atoms. The van der Waals surface area contributed by atoms with Gasteiger partial charge in [-0.15, -0.1) is 0 Å². The van der Waals surface area contributed by atoms with Crippen LogP contribution in [0.1, 0.15) is 51.4 Å². The van der Waals surface area contributed by atoms with E-state index in [0.29, 0.717) is 6.54 Å². The van der Waals surface area contributed by atoms with Gasteiger partial charge in [-0.1, -0.05) is 25.7 Å². The number of carbonyl (C=O) groups excluding carboxylic acids is 1. The van der Waals surface area contributed by atoms with Crippen LogP contribution < -0.4 is 5.32 Å². The molecule has 3 fully saturated rings. The highest BCUT2D eigenvalue weighted by atomic mass is 16.2. The van der Waals surface area contributed by atoms with Crippen molar-refractivity contribution in [2.24, 2.45) is 11.8 Å². The quantitative estimate of drug-likeness (QED) is 0.829. The largest absolute Gasteiger partial charge is 0.355 e. The summed E-state index contributed by atoms with van der Waals surface area (Å²) in [7, 11) is 0. The fourth-order valence-corrected chi connectivity index (χ4v) is 3.54. The van der Waals surface area contributed by atoms with Gasteiger partial charge >= 0.3 is 0 Å². The molecule has 2 aliphatic carbocycles. The molecule has 3 heteroatoms. The lowest BCUT2D eigenvalue weighted by atomic mass is 9.79. The zero-order valence-corrected chi connectivity index (χ0v) is 11.4. The van der Waals surface area contributed by atoms with Gasteiger partial charge in [0, 0.05) is 19.1 Å². The molecule has 0 radical (unpaired) electrons. The Kier molecular flexibility index (Phi) is 3.88. The molecule has 3 rings (SSSR count). The van der Waals surface area contributed by atoms with Gasteiger partial charge in [-0.3, -0.25) is 9.69 Å². The molecule has 0 aromatic rings. The minimum Gasteiger partial charge on any atom is -0.355 e. The van der Waals surface area contributed by atoms with Crippen LogP contribution in [-0.4, -0.2) is 36.5 Å². The molecule has 3 aliphatic rings. The Morgan fingerprint density at radius 2 is 1.83 bits per heavy atom. The van der Waals surface area contributed by atoms with Crippen LogP contribution in [0.3, 0.4) is 0 Å². The predicted molar refractivity (Wildman–Crippen MR) is 72.3 cm³/mol. The molecule has 1 N–H and O–H groups in total. The minimum atomic E-state index is 0.252. The first kappa shape index (κ1) is 12.5. The third kappa shape index (κ3) is 3.05. The molecule has 0 aromatic carbocycles. The third-order valence-electron chi connectivity index (χ3n) is 4.94. The second-order valence-corrected chi connectivity index (χ2v) is 6.50. The van der Waals surface area contributed by atoms with Crippen molar-refractivity contribution >= 4 is 5.91 Å². The lowest BCUT2D eigenvalue weighted by Gasteiger charge is -2.49. The molecule has 1 saturated heterocycles. The number of hydrogen-bond donors (Lipinski definition) is 1. The Bertz CT molecular complexity index is 301. The van der Waals surface area contributed by atoms with Crippen molar-refractivity contribution in [1.29, 1.82) is 0 Å². The van der Waals surface area contributed by atoms with Crippen molar-refractivity contribution in [3.63, 3.8) is 0 Å². The van der Waals surface area contributed by atoms with Gasteiger partial charge in [0.05, 0.1) is 6.54 Å². The lowest BCUT2D eigenvalue weighted by molar-refractivity contribution is -0.126. The Labute approximate surface area is 110 Å². The smallest absolute Gasteiger partial charge is 0.234 e. The fourth-order valence-electron chi connectivity index (χ4n) is 3.54. The Hall–Kier alpha value is -0.570. The maximum absolute atomic E-state index is 11.9. The van der Waals surface area contributed by atoms with E-state index >= 15 is 0 Å². The standard InChI is InChI=1S/C15H26N2O/c18-15(16-9-12-7-8-12)11-17-10-13-5-3-1-2-4-6-14(13)17/h12-14H,1-11H2,(H,16,18)/t13-,14+/m0/s1. The van der Waals surface area contributed by atoms with Crippen LogP contribution in [0, 0.1) is 11.8 Å². The van der Waals surface area contributed by atoms with Gasteiger partial charge in [-0.25, -0.2) is 0 Å². The summed E-state index contributed by atoms with van der Waals surface area (Å²) in [5.41, 5.74) is 0. The number of amides is 1. The molecule has 0 spiro atoms. The summed E-state index contributed by atoms with van der Waals surface area (Å²) < 4.78 is 0. The van der Waals surface area contributed by atoms with E-state index in [2.05, 4.69) is 10.2 Å². The van der Waals surface area contributed by atoms with Gasteiger partial charge in [0.1, 0.15) is 0 Å². The maximum Gasteiger partial charge on any atom is 0.234 e.